The van der Waals surface area contributed by atoms with Gasteiger partial charge in [0.1, 0.15) is 0 Å². The van der Waals surface area contributed by atoms with Gasteiger partial charge >= 0.3 is 0 Å². The van der Waals surface area contributed by atoms with Crippen LogP contribution in [-0.4, -0.2) is 5.78 Å². The van der Waals surface area contributed by atoms with E-state index in [1.54, 1.807) is 0 Å². The van der Waals surface area contributed by atoms with Crippen molar-refractivity contribution in [3.63, 3.8) is 0 Å². The Balaban J connectivity index is 2.25. The number of hydrogen-bond acceptors (Lipinski definition) is 2. The van der Waals surface area contributed by atoms with Crippen LogP contribution in [-0.2, 0) is 4.52 Å². The predicted octanol–water partition coefficient (Wildman–Crippen LogP) is 4.73. The van der Waals surface area contributed by atoms with Crippen molar-refractivity contribution < 1.29 is 9.32 Å². The molecule has 0 aliphatic rings. The van der Waals surface area contributed by atoms with Crippen LogP contribution in [0.25, 0.3) is 0 Å². The van der Waals surface area contributed by atoms with Gasteiger partial charge in [-0.2, -0.15) is 0 Å². The minimum atomic E-state index is -0.233. The van der Waals surface area contributed by atoms with Gasteiger partial charge in [-0.25, -0.2) is 0 Å². The molecule has 2 nitrogen and oxygen atoms in total. The van der Waals surface area contributed by atoms with Crippen LogP contribution in [0.5, 0.6) is 0 Å². The van der Waals surface area contributed by atoms with Crippen molar-refractivity contribution in [2.24, 2.45) is 0 Å². The summed E-state index contributed by atoms with van der Waals surface area (Å²) in [5.41, 5.74) is 5.09. The van der Waals surface area contributed by atoms with E-state index in [4.69, 9.17) is 4.52 Å². The smallest absolute Gasteiger partial charge is 0.166 e. The molecule has 2 rings (SSSR count). The largest absolute Gasteiger partial charge is 0.357 e. The maximum Gasteiger partial charge on any atom is 0.166 e. The van der Waals surface area contributed by atoms with E-state index in [1.807, 2.05) is 51.1 Å². The summed E-state index contributed by atoms with van der Waals surface area (Å²) in [6, 6.07) is 13.9. The van der Waals surface area contributed by atoms with Gasteiger partial charge in [0.25, 0.3) is 0 Å². The molecule has 0 fully saturated rings. The fourth-order valence-electron chi connectivity index (χ4n) is 2.80. The monoisotopic (exact) mass is 300 g/mol. The summed E-state index contributed by atoms with van der Waals surface area (Å²) in [6.45, 7) is 6.03. The van der Waals surface area contributed by atoms with E-state index in [-0.39, 0.29) is 11.9 Å². The maximum atomic E-state index is 12.7. The predicted molar refractivity (Wildman–Crippen MR) is 89.6 cm³/mol. The van der Waals surface area contributed by atoms with E-state index in [0.29, 0.717) is 6.42 Å². The van der Waals surface area contributed by atoms with Gasteiger partial charge in [0.05, 0.1) is 6.10 Å². The van der Waals surface area contributed by atoms with Crippen LogP contribution in [0.2, 0.25) is 0 Å². The van der Waals surface area contributed by atoms with Crippen LogP contribution in [0.1, 0.15) is 45.1 Å². The summed E-state index contributed by atoms with van der Waals surface area (Å²) in [5, 5.41) is 0. The van der Waals surface area contributed by atoms with Crippen molar-refractivity contribution in [2.45, 2.75) is 33.3 Å². The van der Waals surface area contributed by atoms with Gasteiger partial charge in [0.15, 0.2) is 5.78 Å². The summed E-state index contributed by atoms with van der Waals surface area (Å²) in [5.74, 6) is 0.126. The molecule has 2 unspecified atom stereocenters. The average molecular weight is 300 g/mol. The van der Waals surface area contributed by atoms with Crippen molar-refractivity contribution in [3.05, 3.63) is 70.3 Å². The first-order valence-electron chi connectivity index (χ1n) is 7.04. The lowest BCUT2D eigenvalue weighted by Crippen LogP contribution is -2.11. The fourth-order valence-corrected chi connectivity index (χ4v) is 3.06. The number of benzene rings is 2. The molecule has 21 heavy (non-hydrogen) atoms. The zero-order valence-electron chi connectivity index (χ0n) is 12.7. The van der Waals surface area contributed by atoms with Gasteiger partial charge in [-0.3, -0.25) is 4.79 Å². The van der Waals surface area contributed by atoms with Crippen molar-refractivity contribution in [3.8, 4) is 0 Å². The molecule has 0 amide bonds. The highest BCUT2D eigenvalue weighted by Gasteiger charge is 2.19. The first-order valence-corrected chi connectivity index (χ1v) is 7.51. The minimum Gasteiger partial charge on any atom is -0.357 e. The lowest BCUT2D eigenvalue weighted by atomic mass is 9.93. The lowest BCUT2D eigenvalue weighted by Gasteiger charge is -2.17. The molecule has 0 bridgehead atoms. The van der Waals surface area contributed by atoms with Gasteiger partial charge in [-0.1, -0.05) is 48.0 Å². The molecule has 0 saturated carbocycles. The van der Waals surface area contributed by atoms with E-state index in [9.17, 15) is 4.79 Å². The summed E-state index contributed by atoms with van der Waals surface area (Å²) >= 11 is 0. The number of ketones is 1. The van der Waals surface area contributed by atoms with Crippen LogP contribution in [0, 0.1) is 20.8 Å². The molecule has 2 atom stereocenters. The quantitative estimate of drug-likeness (QED) is 0.589. The molecule has 0 N–H and O–H groups in total. The summed E-state index contributed by atoms with van der Waals surface area (Å²) < 4.78 is 5.43. The van der Waals surface area contributed by atoms with Crippen LogP contribution in [0.15, 0.2) is 42.5 Å². The van der Waals surface area contributed by atoms with Gasteiger partial charge in [0, 0.05) is 21.5 Å². The fraction of sp³-hybridized carbons (Fsp3) is 0.278. The molecule has 0 spiro atoms. The number of hydrogen-bond donors (Lipinski definition) is 0. The molecule has 0 aliphatic carbocycles. The first-order chi connectivity index (χ1) is 10.0. The molecule has 0 aromatic heterocycles. The number of rotatable bonds is 5. The third-order valence-electron chi connectivity index (χ3n) is 3.66. The molecule has 0 saturated heterocycles. The van der Waals surface area contributed by atoms with Gasteiger partial charge in [0.2, 0.25) is 0 Å². The molecule has 110 valence electrons. The van der Waals surface area contributed by atoms with Crippen LogP contribution < -0.4 is 0 Å². The third kappa shape index (κ3) is 3.78. The molecule has 0 heterocycles. The second-order valence-electron chi connectivity index (χ2n) is 5.44. The topological polar surface area (TPSA) is 26.3 Å². The van der Waals surface area contributed by atoms with Gasteiger partial charge in [-0.05, 0) is 37.5 Å². The van der Waals surface area contributed by atoms with Crippen LogP contribution in [0.3, 0.4) is 0 Å². The molecule has 3 heteroatoms. The maximum absolute atomic E-state index is 12.7. The van der Waals surface area contributed by atoms with Crippen molar-refractivity contribution >= 4 is 15.2 Å². The van der Waals surface area contributed by atoms with E-state index >= 15 is 0 Å². The van der Waals surface area contributed by atoms with E-state index < -0.39 is 0 Å². The van der Waals surface area contributed by atoms with E-state index in [2.05, 4.69) is 21.6 Å². The zero-order valence-corrected chi connectivity index (χ0v) is 13.9. The molecule has 0 aliphatic heterocycles. The Labute approximate surface area is 128 Å². The molecule has 2 aromatic carbocycles. The van der Waals surface area contributed by atoms with Crippen molar-refractivity contribution in [1.29, 1.82) is 0 Å². The van der Waals surface area contributed by atoms with Crippen molar-refractivity contribution in [1.82, 2.24) is 0 Å². The van der Waals surface area contributed by atoms with Crippen molar-refractivity contribution in [2.75, 3.05) is 0 Å². The van der Waals surface area contributed by atoms with E-state index in [1.165, 1.54) is 5.56 Å². The highest BCUT2D eigenvalue weighted by molar-refractivity contribution is 7.09. The Hall–Kier alpha value is -1.50. The molecule has 2 aromatic rings. The Bertz CT molecular complexity index is 612. The average Bonchev–Trinajstić information content (AvgIpc) is 2.44. The Kier molecular flexibility index (Phi) is 5.27. The van der Waals surface area contributed by atoms with Crippen LogP contribution in [0.4, 0.5) is 0 Å². The highest BCUT2D eigenvalue weighted by atomic mass is 31.0. The Morgan fingerprint density at radius 1 is 1.10 bits per heavy atom. The minimum absolute atomic E-state index is 0.126. The first kappa shape index (κ1) is 15.9. The SMILES string of the molecule is Cc1cc(C)c(C(=O)CC(OP)c2ccccc2)c(C)c1. The van der Waals surface area contributed by atoms with Gasteiger partial charge < -0.3 is 4.52 Å². The molecular weight excluding hydrogens is 279 g/mol. The summed E-state index contributed by atoms with van der Waals surface area (Å²) in [6.07, 6.45) is 0.113. The van der Waals surface area contributed by atoms with Gasteiger partial charge in [-0.15, -0.1) is 0 Å². The number of aryl methyl sites for hydroxylation is 3. The number of carbonyl (C=O) groups excluding carboxylic acids is 1. The summed E-state index contributed by atoms with van der Waals surface area (Å²) in [7, 11) is 2.27. The molecule has 0 radical (unpaired) electrons. The zero-order chi connectivity index (χ0) is 15.4. The van der Waals surface area contributed by atoms with Crippen LogP contribution >= 0.6 is 9.47 Å². The van der Waals surface area contributed by atoms with E-state index in [0.717, 1.165) is 22.3 Å². The standard InChI is InChI=1S/C18H21O2P/c1-12-9-13(2)18(14(3)10-12)16(19)11-17(20-21)15-7-5-4-6-8-15/h4-10,17H,11,21H2,1-3H3. The summed E-state index contributed by atoms with van der Waals surface area (Å²) in [4.78, 5) is 12.7. The number of carbonyl (C=O) groups is 1. The third-order valence-corrected chi connectivity index (χ3v) is 3.99. The Morgan fingerprint density at radius 3 is 2.19 bits per heavy atom. The Morgan fingerprint density at radius 2 is 1.67 bits per heavy atom. The number of Topliss-reactive ketones (excluding diaryl/α,β-unsaturated/α-hetero) is 1. The second kappa shape index (κ2) is 6.98. The second-order valence-corrected chi connectivity index (χ2v) is 5.71. The lowest BCUT2D eigenvalue weighted by molar-refractivity contribution is 0.0921. The molecular formula is C18H21O2P. The normalized spacial score (nSPS) is 12.2. The highest BCUT2D eigenvalue weighted by Crippen LogP contribution is 2.27.